The maximum atomic E-state index is 12.6. The molecule has 5 heteroatoms. The molecule has 0 bridgehead atoms. The first kappa shape index (κ1) is 13.5. The molecule has 1 aromatic heterocycles. The maximum absolute atomic E-state index is 12.6. The van der Waals surface area contributed by atoms with Crippen LogP contribution in [0.1, 0.15) is 12.0 Å². The van der Waals surface area contributed by atoms with Crippen LogP contribution in [-0.2, 0) is 11.3 Å². The van der Waals surface area contributed by atoms with Gasteiger partial charge >= 0.3 is 0 Å². The van der Waals surface area contributed by atoms with E-state index >= 15 is 0 Å². The van der Waals surface area contributed by atoms with Gasteiger partial charge in [-0.1, -0.05) is 6.07 Å². The van der Waals surface area contributed by atoms with Crippen molar-refractivity contribution in [3.8, 4) is 0 Å². The van der Waals surface area contributed by atoms with E-state index in [0.717, 1.165) is 31.6 Å². The molecule has 1 aromatic rings. The summed E-state index contributed by atoms with van der Waals surface area (Å²) in [6.07, 6.45) is 4.64. The molecule has 3 rings (SSSR count). The molecule has 3 heterocycles. The van der Waals surface area contributed by atoms with Gasteiger partial charge in [0, 0.05) is 45.1 Å². The quantitative estimate of drug-likeness (QED) is 0.862. The van der Waals surface area contributed by atoms with Crippen LogP contribution in [0.25, 0.3) is 0 Å². The van der Waals surface area contributed by atoms with Gasteiger partial charge < -0.3 is 10.0 Å². The fourth-order valence-electron chi connectivity index (χ4n) is 3.39. The summed E-state index contributed by atoms with van der Waals surface area (Å²) in [7, 11) is 0. The summed E-state index contributed by atoms with van der Waals surface area (Å²) in [5.74, 6) is 0.858. The number of piperidine rings is 1. The largest absolute Gasteiger partial charge is 0.395 e. The molecule has 2 fully saturated rings. The van der Waals surface area contributed by atoms with Gasteiger partial charge in [0.1, 0.15) is 0 Å². The summed E-state index contributed by atoms with van der Waals surface area (Å²) in [5, 5.41) is 9.03. The minimum absolute atomic E-state index is 0.118. The second kappa shape index (κ2) is 5.89. The fourth-order valence-corrected chi connectivity index (χ4v) is 3.39. The number of aliphatic hydroxyl groups excluding tert-OH is 1. The molecule has 0 spiro atoms. The van der Waals surface area contributed by atoms with Crippen LogP contribution in [0.4, 0.5) is 0 Å². The molecule has 5 nitrogen and oxygen atoms in total. The van der Waals surface area contributed by atoms with Crippen LogP contribution in [0.2, 0.25) is 0 Å². The molecule has 108 valence electrons. The van der Waals surface area contributed by atoms with Crippen molar-refractivity contribution in [2.45, 2.75) is 13.0 Å². The standard InChI is InChI=1S/C15H21N3O2/c19-7-6-17-10-13-3-5-18(15(20)14(13)11-17)9-12-2-1-4-16-8-12/h1-2,4,8,13-14,19H,3,5-7,9-11H2/t13-,14-/m0/s1. The first-order valence-electron chi connectivity index (χ1n) is 7.29. The third-order valence-corrected chi connectivity index (χ3v) is 4.43. The molecule has 20 heavy (non-hydrogen) atoms. The van der Waals surface area contributed by atoms with Gasteiger partial charge in [0.2, 0.25) is 5.91 Å². The number of pyridine rings is 1. The molecular weight excluding hydrogens is 254 g/mol. The molecule has 0 aromatic carbocycles. The van der Waals surface area contributed by atoms with Crippen molar-refractivity contribution in [3.05, 3.63) is 30.1 Å². The average molecular weight is 275 g/mol. The minimum atomic E-state index is 0.118. The number of amides is 1. The molecule has 0 aliphatic carbocycles. The molecule has 2 atom stereocenters. The lowest BCUT2D eigenvalue weighted by atomic mass is 9.88. The Hall–Kier alpha value is -1.46. The molecule has 2 aliphatic heterocycles. The second-order valence-electron chi connectivity index (χ2n) is 5.76. The van der Waals surface area contributed by atoms with Gasteiger partial charge in [-0.25, -0.2) is 0 Å². The summed E-state index contributed by atoms with van der Waals surface area (Å²) in [6.45, 7) is 4.11. The van der Waals surface area contributed by atoms with E-state index in [1.165, 1.54) is 0 Å². The zero-order chi connectivity index (χ0) is 13.9. The van der Waals surface area contributed by atoms with Crippen LogP contribution >= 0.6 is 0 Å². The van der Waals surface area contributed by atoms with E-state index < -0.39 is 0 Å². The number of carbonyl (C=O) groups excluding carboxylic acids is 1. The van der Waals surface area contributed by atoms with Crippen LogP contribution in [0.5, 0.6) is 0 Å². The zero-order valence-electron chi connectivity index (χ0n) is 11.6. The van der Waals surface area contributed by atoms with E-state index in [-0.39, 0.29) is 18.4 Å². The lowest BCUT2D eigenvalue weighted by Crippen LogP contribution is -2.44. The molecule has 1 amide bonds. The van der Waals surface area contributed by atoms with E-state index in [0.29, 0.717) is 19.0 Å². The van der Waals surface area contributed by atoms with Crippen molar-refractivity contribution in [1.82, 2.24) is 14.8 Å². The first-order chi connectivity index (χ1) is 9.78. The number of likely N-dealkylation sites (tertiary alicyclic amines) is 2. The smallest absolute Gasteiger partial charge is 0.227 e. The van der Waals surface area contributed by atoms with E-state index in [9.17, 15) is 4.79 Å². The Balaban J connectivity index is 1.64. The monoisotopic (exact) mass is 275 g/mol. The number of aliphatic hydroxyl groups is 1. The van der Waals surface area contributed by atoms with Crippen LogP contribution < -0.4 is 0 Å². The van der Waals surface area contributed by atoms with E-state index in [1.54, 1.807) is 6.20 Å². The number of fused-ring (bicyclic) bond motifs is 1. The zero-order valence-corrected chi connectivity index (χ0v) is 11.6. The Labute approximate surface area is 119 Å². The SMILES string of the molecule is O=C1[C@H]2CN(CCO)C[C@@H]2CCN1Cc1cccnc1. The van der Waals surface area contributed by atoms with E-state index in [2.05, 4.69) is 9.88 Å². The predicted molar refractivity (Wildman–Crippen MR) is 74.8 cm³/mol. The van der Waals surface area contributed by atoms with Gasteiger partial charge in [0.15, 0.2) is 0 Å². The average Bonchev–Trinajstić information content (AvgIpc) is 2.87. The summed E-state index contributed by atoms with van der Waals surface area (Å²) in [4.78, 5) is 20.8. The number of β-amino-alcohol motifs (C(OH)–C–C–N with tert-alkyl or cyclic N) is 1. The topological polar surface area (TPSA) is 56.7 Å². The normalized spacial score (nSPS) is 26.9. The van der Waals surface area contributed by atoms with Gasteiger partial charge in [0.25, 0.3) is 0 Å². The highest BCUT2D eigenvalue weighted by atomic mass is 16.3. The van der Waals surface area contributed by atoms with Gasteiger partial charge in [-0.15, -0.1) is 0 Å². The van der Waals surface area contributed by atoms with Crippen molar-refractivity contribution < 1.29 is 9.90 Å². The van der Waals surface area contributed by atoms with Crippen LogP contribution in [0.3, 0.4) is 0 Å². The summed E-state index contributed by atoms with van der Waals surface area (Å²) in [5.41, 5.74) is 1.09. The van der Waals surface area contributed by atoms with Gasteiger partial charge in [-0.2, -0.15) is 0 Å². The second-order valence-corrected chi connectivity index (χ2v) is 5.76. The Bertz CT molecular complexity index is 465. The lowest BCUT2D eigenvalue weighted by molar-refractivity contribution is -0.140. The molecule has 0 saturated carbocycles. The molecule has 2 saturated heterocycles. The highest BCUT2D eigenvalue weighted by Crippen LogP contribution is 2.32. The molecule has 2 aliphatic rings. The van der Waals surface area contributed by atoms with Crippen molar-refractivity contribution in [1.29, 1.82) is 0 Å². The number of rotatable bonds is 4. The van der Waals surface area contributed by atoms with E-state index in [1.807, 2.05) is 23.2 Å². The lowest BCUT2D eigenvalue weighted by Gasteiger charge is -2.33. The summed E-state index contributed by atoms with van der Waals surface area (Å²) < 4.78 is 0. The summed E-state index contributed by atoms with van der Waals surface area (Å²) in [6, 6.07) is 3.92. The van der Waals surface area contributed by atoms with Gasteiger partial charge in [-0.3, -0.25) is 14.7 Å². The van der Waals surface area contributed by atoms with Crippen LogP contribution in [0, 0.1) is 11.8 Å². The number of carbonyl (C=O) groups is 1. The number of aromatic nitrogens is 1. The fraction of sp³-hybridized carbons (Fsp3) is 0.600. The van der Waals surface area contributed by atoms with Gasteiger partial charge in [-0.05, 0) is 24.0 Å². The molecular formula is C15H21N3O2. The van der Waals surface area contributed by atoms with Crippen LogP contribution in [-0.4, -0.2) is 58.6 Å². The summed E-state index contributed by atoms with van der Waals surface area (Å²) >= 11 is 0. The van der Waals surface area contributed by atoms with E-state index in [4.69, 9.17) is 5.11 Å². The minimum Gasteiger partial charge on any atom is -0.395 e. The number of hydrogen-bond donors (Lipinski definition) is 1. The van der Waals surface area contributed by atoms with Crippen molar-refractivity contribution >= 4 is 5.91 Å². The Morgan fingerprint density at radius 1 is 1.40 bits per heavy atom. The number of hydrogen-bond acceptors (Lipinski definition) is 4. The third kappa shape index (κ3) is 2.69. The first-order valence-corrected chi connectivity index (χ1v) is 7.29. The van der Waals surface area contributed by atoms with Crippen LogP contribution in [0.15, 0.2) is 24.5 Å². The molecule has 0 radical (unpaired) electrons. The van der Waals surface area contributed by atoms with Crippen molar-refractivity contribution in [3.63, 3.8) is 0 Å². The number of nitrogens with zero attached hydrogens (tertiary/aromatic N) is 3. The molecule has 1 N–H and O–H groups in total. The highest BCUT2D eigenvalue weighted by molar-refractivity contribution is 5.80. The van der Waals surface area contributed by atoms with Crippen molar-refractivity contribution in [2.24, 2.45) is 11.8 Å². The Morgan fingerprint density at radius 3 is 3.05 bits per heavy atom. The molecule has 0 unspecified atom stereocenters. The highest BCUT2D eigenvalue weighted by Gasteiger charge is 2.42. The Morgan fingerprint density at radius 2 is 2.30 bits per heavy atom. The Kier molecular flexibility index (Phi) is 3.98. The van der Waals surface area contributed by atoms with Gasteiger partial charge in [0.05, 0.1) is 12.5 Å². The third-order valence-electron chi connectivity index (χ3n) is 4.43. The van der Waals surface area contributed by atoms with Crippen molar-refractivity contribution in [2.75, 3.05) is 32.8 Å². The maximum Gasteiger partial charge on any atom is 0.227 e. The predicted octanol–water partition coefficient (Wildman–Crippen LogP) is 0.354.